The highest BCUT2D eigenvalue weighted by Gasteiger charge is 2.13. The van der Waals surface area contributed by atoms with Gasteiger partial charge in [0.2, 0.25) is 0 Å². The van der Waals surface area contributed by atoms with Crippen LogP contribution in [0.5, 0.6) is 0 Å². The van der Waals surface area contributed by atoms with Crippen LogP contribution in [0.3, 0.4) is 0 Å². The molecule has 1 heterocycles. The molecule has 1 aromatic rings. The van der Waals surface area contributed by atoms with Gasteiger partial charge in [-0.25, -0.2) is 4.39 Å². The van der Waals surface area contributed by atoms with Crippen LogP contribution >= 0.6 is 15.9 Å². The Morgan fingerprint density at radius 2 is 2.62 bits per heavy atom. The summed E-state index contributed by atoms with van der Waals surface area (Å²) in [5, 5.41) is 8.61. The Morgan fingerprint density at radius 1 is 1.92 bits per heavy atom. The zero-order valence-corrected chi connectivity index (χ0v) is 8.56. The van der Waals surface area contributed by atoms with Crippen LogP contribution in [-0.2, 0) is 0 Å². The van der Waals surface area contributed by atoms with E-state index in [1.54, 1.807) is 6.92 Å². The van der Waals surface area contributed by atoms with E-state index in [4.69, 9.17) is 0 Å². The van der Waals surface area contributed by atoms with Crippen LogP contribution in [0, 0.1) is 0 Å². The number of halogens is 2. The Kier molecular flexibility index (Phi) is 3.41. The number of carbonyl (C=O) groups is 1. The maximum absolute atomic E-state index is 12.0. The Bertz CT molecular complexity index is 302. The summed E-state index contributed by atoms with van der Waals surface area (Å²) in [6.45, 7) is 1.000. The average Bonchev–Trinajstić information content (AvgIpc) is 2.51. The molecule has 0 spiro atoms. The maximum Gasteiger partial charge on any atom is 0.270 e. The van der Waals surface area contributed by atoms with Gasteiger partial charge in [-0.15, -0.1) is 0 Å². The molecule has 1 atom stereocenters. The molecule has 4 nitrogen and oxygen atoms in total. The minimum atomic E-state index is -0.586. The second-order valence-corrected chi connectivity index (χ2v) is 3.48. The van der Waals surface area contributed by atoms with Crippen molar-refractivity contribution in [3.63, 3.8) is 0 Å². The third-order valence-electron chi connectivity index (χ3n) is 1.43. The molecule has 0 saturated carbocycles. The zero-order valence-electron chi connectivity index (χ0n) is 6.97. The summed E-state index contributed by atoms with van der Waals surface area (Å²) in [4.78, 5) is 11.3. The minimum Gasteiger partial charge on any atom is -0.346 e. The van der Waals surface area contributed by atoms with Crippen molar-refractivity contribution in [3.05, 3.63) is 16.4 Å². The molecule has 0 aliphatic heterocycles. The van der Waals surface area contributed by atoms with Gasteiger partial charge >= 0.3 is 0 Å². The van der Waals surface area contributed by atoms with Crippen molar-refractivity contribution >= 4 is 21.8 Å². The highest BCUT2D eigenvalue weighted by Crippen LogP contribution is 2.12. The van der Waals surface area contributed by atoms with Gasteiger partial charge in [-0.3, -0.25) is 9.89 Å². The Morgan fingerprint density at radius 3 is 3.08 bits per heavy atom. The lowest BCUT2D eigenvalue weighted by Crippen LogP contribution is -2.34. The van der Waals surface area contributed by atoms with Gasteiger partial charge in [-0.05, 0) is 22.9 Å². The summed E-state index contributed by atoms with van der Waals surface area (Å²) in [5.74, 6) is -0.366. The first-order valence-corrected chi connectivity index (χ1v) is 4.50. The van der Waals surface area contributed by atoms with E-state index in [0.29, 0.717) is 10.2 Å². The van der Waals surface area contributed by atoms with Crippen LogP contribution in [0.2, 0.25) is 0 Å². The third-order valence-corrected chi connectivity index (χ3v) is 2.03. The fourth-order valence-electron chi connectivity index (χ4n) is 0.765. The summed E-state index contributed by atoms with van der Waals surface area (Å²) in [7, 11) is 0. The van der Waals surface area contributed by atoms with Crippen LogP contribution in [-0.4, -0.2) is 28.8 Å². The number of aromatic nitrogens is 2. The van der Waals surface area contributed by atoms with Gasteiger partial charge in [0.1, 0.15) is 12.4 Å². The van der Waals surface area contributed by atoms with E-state index < -0.39 is 12.7 Å². The van der Waals surface area contributed by atoms with Crippen LogP contribution in [0.4, 0.5) is 4.39 Å². The number of nitrogens with one attached hydrogen (secondary N) is 2. The molecule has 72 valence electrons. The molecule has 0 aliphatic rings. The molecular weight excluding hydrogens is 241 g/mol. The van der Waals surface area contributed by atoms with Crippen LogP contribution in [0.25, 0.3) is 0 Å². The van der Waals surface area contributed by atoms with E-state index in [0.717, 1.165) is 0 Å². The molecule has 2 N–H and O–H groups in total. The fraction of sp³-hybridized carbons (Fsp3) is 0.429. The number of H-pyrrole nitrogens is 1. The van der Waals surface area contributed by atoms with Crippen molar-refractivity contribution in [1.29, 1.82) is 0 Å². The number of aromatic amines is 1. The standard InChI is InChI=1S/C7H9BrFN3O/c1-4(2-9)11-7(13)6-5(8)3-10-12-6/h3-4H,2H2,1H3,(H,10,12)(H,11,13). The Hall–Kier alpha value is -0.910. The van der Waals surface area contributed by atoms with E-state index in [2.05, 4.69) is 31.4 Å². The number of hydrogen-bond donors (Lipinski definition) is 2. The number of rotatable bonds is 3. The number of nitrogens with zero attached hydrogens (tertiary/aromatic N) is 1. The highest BCUT2D eigenvalue weighted by molar-refractivity contribution is 9.10. The third kappa shape index (κ3) is 2.51. The summed E-state index contributed by atoms with van der Waals surface area (Å²) in [5.41, 5.74) is 0.306. The average molecular weight is 250 g/mol. The summed E-state index contributed by atoms with van der Waals surface area (Å²) >= 11 is 3.13. The molecule has 0 fully saturated rings. The zero-order chi connectivity index (χ0) is 9.84. The van der Waals surface area contributed by atoms with Crippen molar-refractivity contribution in [2.75, 3.05) is 6.67 Å². The number of amides is 1. The van der Waals surface area contributed by atoms with Crippen molar-refractivity contribution in [2.45, 2.75) is 13.0 Å². The van der Waals surface area contributed by atoms with Crippen molar-refractivity contribution in [1.82, 2.24) is 15.5 Å². The second kappa shape index (κ2) is 4.36. The topological polar surface area (TPSA) is 57.8 Å². The molecule has 1 rings (SSSR count). The molecule has 0 aromatic carbocycles. The van der Waals surface area contributed by atoms with Gasteiger partial charge in [0, 0.05) is 0 Å². The molecular formula is C7H9BrFN3O. The monoisotopic (exact) mass is 249 g/mol. The van der Waals surface area contributed by atoms with Gasteiger partial charge < -0.3 is 5.32 Å². The summed E-state index contributed by atoms with van der Waals surface area (Å²) in [6.07, 6.45) is 1.47. The smallest absolute Gasteiger partial charge is 0.270 e. The first-order chi connectivity index (χ1) is 6.15. The number of alkyl halides is 1. The maximum atomic E-state index is 12.0. The fourth-order valence-corrected chi connectivity index (χ4v) is 1.14. The van der Waals surface area contributed by atoms with Crippen LogP contribution < -0.4 is 5.32 Å². The molecule has 0 aliphatic carbocycles. The first-order valence-electron chi connectivity index (χ1n) is 3.71. The predicted molar refractivity (Wildman–Crippen MR) is 49.2 cm³/mol. The van der Waals surface area contributed by atoms with Gasteiger partial charge in [-0.2, -0.15) is 5.10 Å². The molecule has 1 unspecified atom stereocenters. The molecule has 0 bridgehead atoms. The van der Waals surface area contributed by atoms with E-state index in [1.807, 2.05) is 0 Å². The SMILES string of the molecule is CC(CF)NC(=O)c1[nH]ncc1Br. The number of hydrogen-bond acceptors (Lipinski definition) is 2. The van der Waals surface area contributed by atoms with E-state index in [1.165, 1.54) is 6.20 Å². The predicted octanol–water partition coefficient (Wildman–Crippen LogP) is 1.26. The highest BCUT2D eigenvalue weighted by atomic mass is 79.9. The van der Waals surface area contributed by atoms with Crippen molar-refractivity contribution in [3.8, 4) is 0 Å². The Labute approximate surface area is 83.0 Å². The Balaban J connectivity index is 2.64. The lowest BCUT2D eigenvalue weighted by atomic mass is 10.3. The minimum absolute atomic E-state index is 0.306. The van der Waals surface area contributed by atoms with Gasteiger partial charge in [0.05, 0.1) is 16.7 Å². The number of carbonyl (C=O) groups excluding carboxylic acids is 1. The lowest BCUT2D eigenvalue weighted by molar-refractivity contribution is 0.0928. The molecule has 1 amide bonds. The molecule has 6 heteroatoms. The molecule has 0 saturated heterocycles. The molecule has 0 radical (unpaired) electrons. The lowest BCUT2D eigenvalue weighted by Gasteiger charge is -2.08. The summed E-state index contributed by atoms with van der Waals surface area (Å²) < 4.78 is 12.6. The van der Waals surface area contributed by atoms with E-state index in [-0.39, 0.29) is 5.91 Å². The van der Waals surface area contributed by atoms with Crippen LogP contribution in [0.1, 0.15) is 17.4 Å². The quantitative estimate of drug-likeness (QED) is 0.848. The molecule has 13 heavy (non-hydrogen) atoms. The van der Waals surface area contributed by atoms with Crippen molar-refractivity contribution in [2.24, 2.45) is 0 Å². The molecule has 1 aromatic heterocycles. The van der Waals surface area contributed by atoms with Crippen molar-refractivity contribution < 1.29 is 9.18 Å². The largest absolute Gasteiger partial charge is 0.346 e. The summed E-state index contributed by atoms with van der Waals surface area (Å²) in [6, 6.07) is -0.484. The second-order valence-electron chi connectivity index (χ2n) is 2.62. The van der Waals surface area contributed by atoms with Gasteiger partial charge in [-0.1, -0.05) is 0 Å². The van der Waals surface area contributed by atoms with Crippen LogP contribution in [0.15, 0.2) is 10.7 Å². The van der Waals surface area contributed by atoms with E-state index >= 15 is 0 Å². The van der Waals surface area contributed by atoms with E-state index in [9.17, 15) is 9.18 Å². The van der Waals surface area contributed by atoms with Gasteiger partial charge in [0.25, 0.3) is 5.91 Å². The van der Waals surface area contributed by atoms with Gasteiger partial charge in [0.15, 0.2) is 0 Å². The first kappa shape index (κ1) is 10.2. The normalized spacial score (nSPS) is 12.5.